The zero-order valence-electron chi connectivity index (χ0n) is 12.7. The molecule has 0 heterocycles. The maximum absolute atomic E-state index is 12.9. The zero-order valence-corrected chi connectivity index (χ0v) is 12.7. The summed E-state index contributed by atoms with van der Waals surface area (Å²) in [7, 11) is 1.16. The van der Waals surface area contributed by atoms with Gasteiger partial charge in [-0.15, -0.1) is 0 Å². The molecule has 0 aliphatic heterocycles. The van der Waals surface area contributed by atoms with Gasteiger partial charge in [-0.1, -0.05) is 30.3 Å². The van der Waals surface area contributed by atoms with E-state index < -0.39 is 30.4 Å². The maximum Gasteiger partial charge on any atom is 0.419 e. The Morgan fingerprint density at radius 3 is 2.29 bits per heavy atom. The molecule has 4 nitrogen and oxygen atoms in total. The molecule has 0 bridgehead atoms. The Bertz CT molecular complexity index is 671. The van der Waals surface area contributed by atoms with Crippen LogP contribution < -0.4 is 9.47 Å². The number of methoxy groups -OCH3 is 1. The minimum atomic E-state index is -4.56. The highest BCUT2D eigenvalue weighted by Gasteiger charge is 2.34. The summed E-state index contributed by atoms with van der Waals surface area (Å²) in [5.41, 5.74) is -0.923. The predicted molar refractivity (Wildman–Crippen MR) is 79.8 cm³/mol. The standard InChI is InChI=1S/C17H15F3O4/c1-22-16(21)15(24-12-7-3-2-4-8-12)11-23-14-10-6-5-9-13(14)17(18,19)20/h2-10,15H,11H2,1H3. The van der Waals surface area contributed by atoms with Crippen LogP contribution in [0.25, 0.3) is 0 Å². The SMILES string of the molecule is COC(=O)C(COc1ccccc1C(F)(F)F)Oc1ccccc1. The molecule has 0 N–H and O–H groups in total. The summed E-state index contributed by atoms with van der Waals surface area (Å²) < 4.78 is 54.0. The Balaban J connectivity index is 2.13. The number of ether oxygens (including phenoxy) is 3. The van der Waals surface area contributed by atoms with E-state index in [2.05, 4.69) is 4.74 Å². The van der Waals surface area contributed by atoms with E-state index in [0.717, 1.165) is 13.2 Å². The van der Waals surface area contributed by atoms with Crippen LogP contribution in [0.1, 0.15) is 5.56 Å². The van der Waals surface area contributed by atoms with Crippen molar-refractivity contribution in [1.29, 1.82) is 0 Å². The van der Waals surface area contributed by atoms with E-state index in [4.69, 9.17) is 9.47 Å². The van der Waals surface area contributed by atoms with E-state index in [1.165, 1.54) is 18.2 Å². The Morgan fingerprint density at radius 1 is 1.04 bits per heavy atom. The Morgan fingerprint density at radius 2 is 1.67 bits per heavy atom. The van der Waals surface area contributed by atoms with Crippen molar-refractivity contribution < 1.29 is 32.2 Å². The quantitative estimate of drug-likeness (QED) is 0.752. The lowest BCUT2D eigenvalue weighted by Crippen LogP contribution is -2.34. The second-order valence-corrected chi connectivity index (χ2v) is 4.75. The summed E-state index contributed by atoms with van der Waals surface area (Å²) in [4.78, 5) is 11.8. The molecular weight excluding hydrogens is 325 g/mol. The van der Waals surface area contributed by atoms with Crippen LogP contribution in [0, 0.1) is 0 Å². The third-order valence-corrected chi connectivity index (χ3v) is 3.07. The molecule has 2 rings (SSSR count). The first-order chi connectivity index (χ1) is 11.4. The van der Waals surface area contributed by atoms with E-state index in [0.29, 0.717) is 5.75 Å². The van der Waals surface area contributed by atoms with Gasteiger partial charge in [0, 0.05) is 0 Å². The number of carbonyl (C=O) groups is 1. The molecule has 0 amide bonds. The first kappa shape index (κ1) is 17.7. The van der Waals surface area contributed by atoms with Crippen molar-refractivity contribution in [2.45, 2.75) is 12.3 Å². The summed E-state index contributed by atoms with van der Waals surface area (Å²) in [6.07, 6.45) is -5.75. The number of rotatable bonds is 6. The highest BCUT2D eigenvalue weighted by atomic mass is 19.4. The Hall–Kier alpha value is -2.70. The monoisotopic (exact) mass is 340 g/mol. The molecule has 0 spiro atoms. The van der Waals surface area contributed by atoms with Gasteiger partial charge >= 0.3 is 12.1 Å². The van der Waals surface area contributed by atoms with Crippen LogP contribution in [-0.2, 0) is 15.7 Å². The fourth-order valence-electron chi connectivity index (χ4n) is 1.94. The van der Waals surface area contributed by atoms with Gasteiger partial charge in [0.05, 0.1) is 12.7 Å². The van der Waals surface area contributed by atoms with Crippen LogP contribution in [-0.4, -0.2) is 25.8 Å². The summed E-state index contributed by atoms with van der Waals surface area (Å²) in [6.45, 7) is -0.422. The predicted octanol–water partition coefficient (Wildman–Crippen LogP) is 3.70. The van der Waals surface area contributed by atoms with Crippen molar-refractivity contribution in [2.24, 2.45) is 0 Å². The molecule has 2 aromatic rings. The lowest BCUT2D eigenvalue weighted by atomic mass is 10.2. The normalized spacial score (nSPS) is 12.3. The number of hydrogen-bond donors (Lipinski definition) is 0. The topological polar surface area (TPSA) is 44.8 Å². The average Bonchev–Trinajstić information content (AvgIpc) is 2.58. The van der Waals surface area contributed by atoms with Gasteiger partial charge in [0.15, 0.2) is 0 Å². The van der Waals surface area contributed by atoms with E-state index in [9.17, 15) is 18.0 Å². The van der Waals surface area contributed by atoms with Gasteiger partial charge in [-0.2, -0.15) is 13.2 Å². The molecule has 0 saturated heterocycles. The van der Waals surface area contributed by atoms with E-state index in [1.807, 2.05) is 0 Å². The number of halogens is 3. The van der Waals surface area contributed by atoms with Crippen molar-refractivity contribution >= 4 is 5.97 Å². The highest BCUT2D eigenvalue weighted by molar-refractivity contribution is 5.75. The molecule has 128 valence electrons. The average molecular weight is 340 g/mol. The zero-order chi connectivity index (χ0) is 17.6. The molecule has 0 aliphatic rings. The summed E-state index contributed by atoms with van der Waals surface area (Å²) in [5, 5.41) is 0. The van der Waals surface area contributed by atoms with Crippen LogP contribution in [0.5, 0.6) is 11.5 Å². The van der Waals surface area contributed by atoms with E-state index >= 15 is 0 Å². The molecule has 2 aromatic carbocycles. The minimum Gasteiger partial charge on any atom is -0.488 e. The van der Waals surface area contributed by atoms with Crippen molar-refractivity contribution in [3.05, 3.63) is 60.2 Å². The molecule has 24 heavy (non-hydrogen) atoms. The lowest BCUT2D eigenvalue weighted by molar-refractivity contribution is -0.150. The van der Waals surface area contributed by atoms with Crippen molar-refractivity contribution in [2.75, 3.05) is 13.7 Å². The van der Waals surface area contributed by atoms with Gasteiger partial charge in [-0.25, -0.2) is 4.79 Å². The van der Waals surface area contributed by atoms with Gasteiger partial charge in [0.1, 0.15) is 18.1 Å². The van der Waals surface area contributed by atoms with Gasteiger partial charge in [0.25, 0.3) is 0 Å². The van der Waals surface area contributed by atoms with Crippen LogP contribution in [0.2, 0.25) is 0 Å². The largest absolute Gasteiger partial charge is 0.488 e. The van der Waals surface area contributed by atoms with Gasteiger partial charge in [-0.05, 0) is 24.3 Å². The molecule has 0 aromatic heterocycles. The van der Waals surface area contributed by atoms with Crippen LogP contribution in [0.3, 0.4) is 0 Å². The summed E-state index contributed by atoms with van der Waals surface area (Å²) >= 11 is 0. The maximum atomic E-state index is 12.9. The molecule has 1 unspecified atom stereocenters. The van der Waals surface area contributed by atoms with Crippen molar-refractivity contribution in [1.82, 2.24) is 0 Å². The minimum absolute atomic E-state index is 0.376. The van der Waals surface area contributed by atoms with Gasteiger partial charge in [0.2, 0.25) is 6.10 Å². The Kier molecular flexibility index (Phi) is 5.68. The van der Waals surface area contributed by atoms with Gasteiger partial charge in [-0.3, -0.25) is 0 Å². The highest BCUT2D eigenvalue weighted by Crippen LogP contribution is 2.35. The third-order valence-electron chi connectivity index (χ3n) is 3.07. The Labute approximate surface area is 136 Å². The molecule has 7 heteroatoms. The van der Waals surface area contributed by atoms with Crippen LogP contribution in [0.4, 0.5) is 13.2 Å². The number of esters is 1. The molecule has 0 fully saturated rings. The second-order valence-electron chi connectivity index (χ2n) is 4.75. The molecule has 0 aliphatic carbocycles. The third kappa shape index (κ3) is 4.65. The fraction of sp³-hybridized carbons (Fsp3) is 0.235. The molecular formula is C17H15F3O4. The van der Waals surface area contributed by atoms with E-state index in [1.54, 1.807) is 30.3 Å². The number of hydrogen-bond acceptors (Lipinski definition) is 4. The molecule has 1 atom stereocenters. The second kappa shape index (κ2) is 7.72. The number of carbonyl (C=O) groups excluding carboxylic acids is 1. The van der Waals surface area contributed by atoms with E-state index in [-0.39, 0.29) is 5.75 Å². The molecule has 0 radical (unpaired) electrons. The summed E-state index contributed by atoms with van der Waals surface area (Å²) in [5.74, 6) is -0.750. The molecule has 0 saturated carbocycles. The smallest absolute Gasteiger partial charge is 0.419 e. The number of alkyl halides is 3. The lowest BCUT2D eigenvalue weighted by Gasteiger charge is -2.19. The van der Waals surface area contributed by atoms with Crippen LogP contribution >= 0.6 is 0 Å². The first-order valence-corrected chi connectivity index (χ1v) is 7.00. The van der Waals surface area contributed by atoms with Crippen LogP contribution in [0.15, 0.2) is 54.6 Å². The van der Waals surface area contributed by atoms with Crippen molar-refractivity contribution in [3.63, 3.8) is 0 Å². The number of para-hydroxylation sites is 2. The van der Waals surface area contributed by atoms with Crippen molar-refractivity contribution in [3.8, 4) is 11.5 Å². The fourth-order valence-corrected chi connectivity index (χ4v) is 1.94. The summed E-state index contributed by atoms with van der Waals surface area (Å²) in [6, 6.07) is 13.1. The number of benzene rings is 2. The van der Waals surface area contributed by atoms with Gasteiger partial charge < -0.3 is 14.2 Å². The first-order valence-electron chi connectivity index (χ1n) is 7.00.